The quantitative estimate of drug-likeness (QED) is 0.662. The van der Waals surface area contributed by atoms with Gasteiger partial charge in [-0.2, -0.15) is 0 Å². The average molecular weight is 406 g/mol. The zero-order valence-electron chi connectivity index (χ0n) is 17.4. The number of hydrogen-bond acceptors (Lipinski definition) is 5. The molecule has 2 aromatic rings. The van der Waals surface area contributed by atoms with Crippen LogP contribution in [0.3, 0.4) is 0 Å². The number of carbonyl (C=O) groups is 2. The molecule has 0 radical (unpaired) electrons. The van der Waals surface area contributed by atoms with Gasteiger partial charge >= 0.3 is 0 Å². The molecule has 0 unspecified atom stereocenters. The Morgan fingerprint density at radius 2 is 1.57 bits per heavy atom. The summed E-state index contributed by atoms with van der Waals surface area (Å²) < 4.78 is 10.6. The highest BCUT2D eigenvalue weighted by atomic mass is 16.5. The third-order valence-corrected chi connectivity index (χ3v) is 5.70. The van der Waals surface area contributed by atoms with E-state index in [-0.39, 0.29) is 11.8 Å². The molecule has 2 aliphatic rings. The lowest BCUT2D eigenvalue weighted by Gasteiger charge is -2.20. The molecule has 1 fully saturated rings. The fraction of sp³-hybridized carbons (Fsp3) is 0.333. The lowest BCUT2D eigenvalue weighted by molar-refractivity contribution is -0.137. The summed E-state index contributed by atoms with van der Waals surface area (Å²) in [7, 11) is 3.18. The van der Waals surface area contributed by atoms with Crippen molar-refractivity contribution in [1.29, 1.82) is 0 Å². The van der Waals surface area contributed by atoms with E-state index in [4.69, 9.17) is 9.47 Å². The Morgan fingerprint density at radius 1 is 0.867 bits per heavy atom. The van der Waals surface area contributed by atoms with Crippen molar-refractivity contribution in [2.24, 2.45) is 0 Å². The van der Waals surface area contributed by atoms with E-state index in [0.717, 1.165) is 37.1 Å². The largest absolute Gasteiger partial charge is 0.493 e. The number of amides is 2. The van der Waals surface area contributed by atoms with E-state index in [1.807, 2.05) is 48.5 Å². The lowest BCUT2D eigenvalue weighted by Crippen LogP contribution is -2.36. The number of nitrogens with zero attached hydrogens (tertiary/aromatic N) is 2. The maximum absolute atomic E-state index is 13.3. The predicted molar refractivity (Wildman–Crippen MR) is 114 cm³/mol. The maximum atomic E-state index is 13.3. The number of methoxy groups -OCH3 is 2. The first-order valence-electron chi connectivity index (χ1n) is 10.3. The molecule has 2 aliphatic heterocycles. The second-order valence-corrected chi connectivity index (χ2v) is 7.49. The highest BCUT2D eigenvalue weighted by Crippen LogP contribution is 2.34. The Labute approximate surface area is 176 Å². The molecule has 0 bridgehead atoms. The lowest BCUT2D eigenvalue weighted by atomic mass is 10.0. The number of carbonyl (C=O) groups excluding carboxylic acids is 2. The van der Waals surface area contributed by atoms with Gasteiger partial charge in [-0.05, 0) is 42.5 Å². The smallest absolute Gasteiger partial charge is 0.277 e. The zero-order valence-corrected chi connectivity index (χ0v) is 17.4. The molecule has 2 amide bonds. The van der Waals surface area contributed by atoms with E-state index >= 15 is 0 Å². The minimum absolute atomic E-state index is 0.193. The van der Waals surface area contributed by atoms with E-state index in [9.17, 15) is 9.59 Å². The summed E-state index contributed by atoms with van der Waals surface area (Å²) in [5.74, 6) is 0.878. The maximum Gasteiger partial charge on any atom is 0.277 e. The van der Waals surface area contributed by atoms with Gasteiger partial charge in [-0.25, -0.2) is 0 Å². The summed E-state index contributed by atoms with van der Waals surface area (Å²) in [5.41, 5.74) is 2.85. The van der Waals surface area contributed by atoms with Crippen molar-refractivity contribution in [1.82, 2.24) is 9.80 Å². The summed E-state index contributed by atoms with van der Waals surface area (Å²) in [6.07, 6.45) is 2.63. The van der Waals surface area contributed by atoms with Gasteiger partial charge in [0.05, 0.1) is 19.8 Å². The van der Waals surface area contributed by atoms with Crippen LogP contribution < -0.4 is 9.47 Å². The van der Waals surface area contributed by atoms with Crippen molar-refractivity contribution < 1.29 is 19.1 Å². The van der Waals surface area contributed by atoms with Gasteiger partial charge in [0.25, 0.3) is 11.8 Å². The van der Waals surface area contributed by atoms with Crippen LogP contribution in [0.5, 0.6) is 11.5 Å². The van der Waals surface area contributed by atoms with Gasteiger partial charge in [-0.15, -0.1) is 0 Å². The van der Waals surface area contributed by atoms with E-state index < -0.39 is 0 Å². The highest BCUT2D eigenvalue weighted by Gasteiger charge is 2.41. The fourth-order valence-corrected chi connectivity index (χ4v) is 4.14. The van der Waals surface area contributed by atoms with E-state index in [1.54, 1.807) is 14.2 Å². The van der Waals surface area contributed by atoms with Crippen molar-refractivity contribution in [3.63, 3.8) is 0 Å². The van der Waals surface area contributed by atoms with Crippen molar-refractivity contribution in [3.05, 3.63) is 65.4 Å². The summed E-state index contributed by atoms with van der Waals surface area (Å²) in [4.78, 5) is 30.0. The molecule has 30 heavy (non-hydrogen) atoms. The third kappa shape index (κ3) is 3.65. The molecule has 0 N–H and O–H groups in total. The number of imide groups is 1. The first-order valence-corrected chi connectivity index (χ1v) is 10.3. The standard InChI is InChI=1S/C24H26N2O4/c1-29-19-11-10-17(16-20(19)30-2)12-15-26-23(27)21(18-8-4-3-5-9-18)22(24(26)28)25-13-6-7-14-25/h3-5,8-11,16H,6-7,12-15H2,1-2H3. The van der Waals surface area contributed by atoms with Crippen molar-refractivity contribution >= 4 is 17.4 Å². The number of likely N-dealkylation sites (tertiary alicyclic amines) is 1. The topological polar surface area (TPSA) is 59.1 Å². The Balaban J connectivity index is 1.59. The van der Waals surface area contributed by atoms with Gasteiger partial charge < -0.3 is 14.4 Å². The molecule has 0 aliphatic carbocycles. The van der Waals surface area contributed by atoms with Crippen LogP contribution in [-0.2, 0) is 16.0 Å². The molecule has 2 aromatic carbocycles. The van der Waals surface area contributed by atoms with Crippen LogP contribution in [0.4, 0.5) is 0 Å². The second kappa shape index (κ2) is 8.61. The molecule has 0 atom stereocenters. The number of hydrogen-bond donors (Lipinski definition) is 0. The molecule has 0 spiro atoms. The van der Waals surface area contributed by atoms with Crippen LogP contribution in [0.25, 0.3) is 5.57 Å². The molecular weight excluding hydrogens is 380 g/mol. The molecule has 2 heterocycles. The Kier molecular flexibility index (Phi) is 5.74. The van der Waals surface area contributed by atoms with Crippen molar-refractivity contribution in [3.8, 4) is 11.5 Å². The van der Waals surface area contributed by atoms with Crippen LogP contribution in [0.1, 0.15) is 24.0 Å². The van der Waals surface area contributed by atoms with E-state index in [0.29, 0.717) is 35.7 Å². The van der Waals surface area contributed by atoms with Crippen LogP contribution in [0.2, 0.25) is 0 Å². The van der Waals surface area contributed by atoms with Gasteiger partial charge in [0.1, 0.15) is 5.70 Å². The van der Waals surface area contributed by atoms with Crippen LogP contribution in [-0.4, -0.2) is 55.5 Å². The predicted octanol–water partition coefficient (Wildman–Crippen LogP) is 3.12. The molecule has 6 nitrogen and oxygen atoms in total. The van der Waals surface area contributed by atoms with Gasteiger partial charge in [0.15, 0.2) is 11.5 Å². The van der Waals surface area contributed by atoms with Gasteiger partial charge in [0.2, 0.25) is 0 Å². The fourth-order valence-electron chi connectivity index (χ4n) is 4.14. The van der Waals surface area contributed by atoms with Crippen molar-refractivity contribution in [2.45, 2.75) is 19.3 Å². The van der Waals surface area contributed by atoms with Crippen LogP contribution in [0, 0.1) is 0 Å². The first kappa shape index (κ1) is 20.0. The van der Waals surface area contributed by atoms with Gasteiger partial charge in [-0.1, -0.05) is 36.4 Å². The monoisotopic (exact) mass is 406 g/mol. The summed E-state index contributed by atoms with van der Waals surface area (Å²) in [5, 5.41) is 0. The molecule has 0 saturated carbocycles. The number of benzene rings is 2. The molecular formula is C24H26N2O4. The number of ether oxygens (including phenoxy) is 2. The molecule has 4 rings (SSSR count). The Hall–Kier alpha value is -3.28. The summed E-state index contributed by atoms with van der Waals surface area (Å²) >= 11 is 0. The minimum atomic E-state index is -0.214. The normalized spacial score (nSPS) is 16.6. The molecule has 1 saturated heterocycles. The Bertz CT molecular complexity index is 978. The molecule has 0 aromatic heterocycles. The second-order valence-electron chi connectivity index (χ2n) is 7.49. The zero-order chi connectivity index (χ0) is 21.1. The minimum Gasteiger partial charge on any atom is -0.493 e. The SMILES string of the molecule is COc1ccc(CCN2C(=O)C(c3ccccc3)=C(N3CCCC3)C2=O)cc1OC. The Morgan fingerprint density at radius 3 is 2.23 bits per heavy atom. The number of rotatable bonds is 7. The third-order valence-electron chi connectivity index (χ3n) is 5.70. The highest BCUT2D eigenvalue weighted by molar-refractivity contribution is 6.35. The average Bonchev–Trinajstić information content (AvgIpc) is 3.39. The van der Waals surface area contributed by atoms with Crippen LogP contribution in [0.15, 0.2) is 54.2 Å². The summed E-state index contributed by atoms with van der Waals surface area (Å²) in [6.45, 7) is 1.95. The van der Waals surface area contributed by atoms with Gasteiger partial charge in [0, 0.05) is 19.6 Å². The molecule has 6 heteroatoms. The van der Waals surface area contributed by atoms with E-state index in [2.05, 4.69) is 4.90 Å². The van der Waals surface area contributed by atoms with Crippen molar-refractivity contribution in [2.75, 3.05) is 33.9 Å². The van der Waals surface area contributed by atoms with Crippen LogP contribution >= 0.6 is 0 Å². The van der Waals surface area contributed by atoms with E-state index in [1.165, 1.54) is 4.90 Å². The first-order chi connectivity index (χ1) is 14.6. The molecule has 156 valence electrons. The summed E-state index contributed by atoms with van der Waals surface area (Å²) in [6, 6.07) is 15.2. The van der Waals surface area contributed by atoms with Gasteiger partial charge in [-0.3, -0.25) is 14.5 Å².